The Kier molecular flexibility index (Phi) is 3.64. The van der Waals surface area contributed by atoms with Gasteiger partial charge in [-0.25, -0.2) is 8.42 Å². The number of aromatic nitrogens is 3. The maximum atomic E-state index is 12.1. The maximum absolute atomic E-state index is 12.1. The van der Waals surface area contributed by atoms with Gasteiger partial charge in [-0.2, -0.15) is 0 Å². The van der Waals surface area contributed by atoms with Crippen molar-refractivity contribution in [3.05, 3.63) is 29.8 Å². The molecule has 7 nitrogen and oxygen atoms in total. The van der Waals surface area contributed by atoms with Gasteiger partial charge in [0.2, 0.25) is 5.13 Å². The lowest BCUT2D eigenvalue weighted by molar-refractivity contribution is 0.601. The normalized spacial score (nSPS) is 15.2. The van der Waals surface area contributed by atoms with E-state index in [0.29, 0.717) is 6.04 Å². The molecule has 106 valence electrons. The molecule has 1 heterocycles. The number of nitrogens with zero attached hydrogens (tertiary/aromatic N) is 3. The van der Waals surface area contributed by atoms with E-state index in [0.717, 1.165) is 23.6 Å². The molecule has 0 spiro atoms. The third kappa shape index (κ3) is 3.30. The van der Waals surface area contributed by atoms with E-state index < -0.39 is 10.0 Å². The van der Waals surface area contributed by atoms with Crippen LogP contribution in [-0.2, 0) is 16.6 Å². The quantitative estimate of drug-likeness (QED) is 0.825. The molecule has 1 saturated carbocycles. The minimum absolute atomic E-state index is 0.157. The molecule has 0 amide bonds. The summed E-state index contributed by atoms with van der Waals surface area (Å²) >= 11 is 0.893. The molecule has 0 radical (unpaired) electrons. The van der Waals surface area contributed by atoms with Crippen molar-refractivity contribution in [3.63, 3.8) is 0 Å². The number of hydrogen-bond acceptors (Lipinski definition) is 7. The van der Waals surface area contributed by atoms with Crippen molar-refractivity contribution in [3.8, 4) is 0 Å². The molecule has 1 aliphatic carbocycles. The second-order valence-corrected chi connectivity index (χ2v) is 6.99. The van der Waals surface area contributed by atoms with E-state index in [9.17, 15) is 8.42 Å². The van der Waals surface area contributed by atoms with E-state index in [4.69, 9.17) is 0 Å². The van der Waals surface area contributed by atoms with E-state index in [-0.39, 0.29) is 10.0 Å². The highest BCUT2D eigenvalue weighted by molar-refractivity contribution is 7.93. The molecule has 3 rings (SSSR count). The van der Waals surface area contributed by atoms with Crippen molar-refractivity contribution >= 4 is 26.7 Å². The fourth-order valence-corrected chi connectivity index (χ4v) is 3.27. The van der Waals surface area contributed by atoms with Crippen molar-refractivity contribution in [2.45, 2.75) is 30.3 Å². The molecule has 0 bridgehead atoms. The zero-order valence-electron chi connectivity index (χ0n) is 10.5. The van der Waals surface area contributed by atoms with Crippen LogP contribution in [0.5, 0.6) is 0 Å². The number of hydrogen-bond donors (Lipinski definition) is 2. The van der Waals surface area contributed by atoms with Gasteiger partial charge in [0.1, 0.15) is 0 Å². The van der Waals surface area contributed by atoms with Gasteiger partial charge in [-0.05, 0) is 35.8 Å². The van der Waals surface area contributed by atoms with Gasteiger partial charge in [-0.1, -0.05) is 21.7 Å². The summed E-state index contributed by atoms with van der Waals surface area (Å²) in [4.78, 5) is 0.197. The molecule has 0 unspecified atom stereocenters. The third-order valence-corrected chi connectivity index (χ3v) is 4.92. The minimum atomic E-state index is -3.62. The zero-order valence-corrected chi connectivity index (χ0v) is 12.1. The van der Waals surface area contributed by atoms with Crippen LogP contribution in [-0.4, -0.2) is 29.3 Å². The van der Waals surface area contributed by atoms with Crippen LogP contribution in [0.1, 0.15) is 18.4 Å². The largest absolute Gasteiger partial charge is 0.310 e. The van der Waals surface area contributed by atoms with Crippen molar-refractivity contribution in [1.29, 1.82) is 0 Å². The molecular weight excluding hydrogens is 298 g/mol. The second kappa shape index (κ2) is 5.43. The summed E-state index contributed by atoms with van der Waals surface area (Å²) in [5.41, 5.74) is 1.06. The molecule has 0 saturated heterocycles. The van der Waals surface area contributed by atoms with Crippen molar-refractivity contribution in [2.75, 3.05) is 4.72 Å². The average Bonchev–Trinajstić information content (AvgIpc) is 3.14. The Bertz CT molecular complexity index is 665. The van der Waals surface area contributed by atoms with Gasteiger partial charge in [-0.15, -0.1) is 0 Å². The molecule has 20 heavy (non-hydrogen) atoms. The van der Waals surface area contributed by atoms with Gasteiger partial charge >= 0.3 is 0 Å². The number of benzene rings is 1. The molecule has 9 heteroatoms. The van der Waals surface area contributed by atoms with Crippen molar-refractivity contribution in [1.82, 2.24) is 20.1 Å². The summed E-state index contributed by atoms with van der Waals surface area (Å²) in [5.74, 6) is 0. The van der Waals surface area contributed by atoms with Crippen molar-refractivity contribution in [2.24, 2.45) is 0 Å². The fraction of sp³-hybridized carbons (Fsp3) is 0.364. The molecule has 1 aliphatic rings. The average molecular weight is 311 g/mol. The summed E-state index contributed by atoms with van der Waals surface area (Å²) < 4.78 is 30.0. The lowest BCUT2D eigenvalue weighted by atomic mass is 10.2. The molecular formula is C11H13N5O2S2. The Labute approximate surface area is 120 Å². The van der Waals surface area contributed by atoms with Crippen LogP contribution in [0.2, 0.25) is 0 Å². The van der Waals surface area contributed by atoms with E-state index in [2.05, 4.69) is 24.8 Å². The van der Waals surface area contributed by atoms with Gasteiger partial charge in [-0.3, -0.25) is 4.72 Å². The lowest BCUT2D eigenvalue weighted by Gasteiger charge is -2.06. The first kappa shape index (κ1) is 13.4. The van der Waals surface area contributed by atoms with Crippen LogP contribution in [0.15, 0.2) is 29.2 Å². The Hall–Kier alpha value is -1.58. The van der Waals surface area contributed by atoms with E-state index in [1.165, 1.54) is 12.8 Å². The number of nitrogens with one attached hydrogen (secondary N) is 2. The van der Waals surface area contributed by atoms with Crippen LogP contribution in [0.25, 0.3) is 0 Å². The third-order valence-electron chi connectivity index (χ3n) is 2.93. The number of anilines is 1. The Morgan fingerprint density at radius 3 is 2.60 bits per heavy atom. The van der Waals surface area contributed by atoms with Gasteiger partial charge in [0.15, 0.2) is 0 Å². The predicted octanol–water partition coefficient (Wildman–Crippen LogP) is 0.986. The first-order valence-electron chi connectivity index (χ1n) is 6.14. The van der Waals surface area contributed by atoms with E-state index in [1.807, 2.05) is 12.1 Å². The first-order valence-corrected chi connectivity index (χ1v) is 8.39. The molecule has 1 fully saturated rings. The molecule has 0 aliphatic heterocycles. The highest BCUT2D eigenvalue weighted by Gasteiger charge is 2.20. The van der Waals surface area contributed by atoms with Crippen molar-refractivity contribution < 1.29 is 8.42 Å². The number of rotatable bonds is 6. The SMILES string of the molecule is O=S(=O)(Nc1nnns1)c1ccc(CNC2CC2)cc1. The van der Waals surface area contributed by atoms with Crippen LogP contribution in [0.3, 0.4) is 0 Å². The van der Waals surface area contributed by atoms with Crippen LogP contribution >= 0.6 is 11.5 Å². The zero-order chi connectivity index (χ0) is 14.0. The highest BCUT2D eigenvalue weighted by atomic mass is 32.2. The summed E-state index contributed by atoms with van der Waals surface area (Å²) in [6.07, 6.45) is 2.46. The smallest absolute Gasteiger partial charge is 0.263 e. The Morgan fingerprint density at radius 1 is 1.25 bits per heavy atom. The summed E-state index contributed by atoms with van der Waals surface area (Å²) in [7, 11) is -3.62. The highest BCUT2D eigenvalue weighted by Crippen LogP contribution is 2.20. The molecule has 1 aromatic heterocycles. The lowest BCUT2D eigenvalue weighted by Crippen LogP contribution is -2.16. The summed E-state index contributed by atoms with van der Waals surface area (Å²) in [6.45, 7) is 0.763. The maximum Gasteiger partial charge on any atom is 0.263 e. The van der Waals surface area contributed by atoms with Gasteiger partial charge in [0, 0.05) is 24.1 Å². The minimum Gasteiger partial charge on any atom is -0.310 e. The molecule has 2 N–H and O–H groups in total. The second-order valence-electron chi connectivity index (χ2n) is 4.57. The summed E-state index contributed by atoms with van der Waals surface area (Å²) in [5, 5.41) is 10.4. The van der Waals surface area contributed by atoms with Gasteiger partial charge in [0.25, 0.3) is 10.0 Å². The molecule has 0 atom stereocenters. The number of sulfonamides is 1. The van der Waals surface area contributed by atoms with Gasteiger partial charge in [0.05, 0.1) is 4.90 Å². The fourth-order valence-electron chi connectivity index (χ4n) is 1.68. The molecule has 2 aromatic rings. The van der Waals surface area contributed by atoms with Crippen LogP contribution < -0.4 is 10.0 Å². The van der Waals surface area contributed by atoms with Gasteiger partial charge < -0.3 is 5.32 Å². The Morgan fingerprint density at radius 2 is 2.00 bits per heavy atom. The van der Waals surface area contributed by atoms with Crippen LogP contribution in [0.4, 0.5) is 5.13 Å². The van der Waals surface area contributed by atoms with E-state index in [1.54, 1.807) is 12.1 Å². The monoisotopic (exact) mass is 311 g/mol. The van der Waals surface area contributed by atoms with E-state index >= 15 is 0 Å². The molecule has 1 aromatic carbocycles. The van der Waals surface area contributed by atoms with Crippen LogP contribution in [0, 0.1) is 0 Å². The first-order chi connectivity index (χ1) is 9.63. The predicted molar refractivity (Wildman–Crippen MR) is 74.8 cm³/mol. The topological polar surface area (TPSA) is 96.9 Å². The standard InChI is InChI=1S/C11H13N5O2S2/c17-20(18,14-11-13-15-16-19-11)10-5-1-8(2-6-10)7-12-9-3-4-9/h1-2,5-6,9,12H,3-4,7H2,(H,13,14,16). The Balaban J connectivity index is 1.69. The summed E-state index contributed by atoms with van der Waals surface area (Å²) in [6, 6.07) is 7.41.